The average molecular weight is 465 g/mol. The Labute approximate surface area is 199 Å². The Kier molecular flexibility index (Phi) is 6.91. The highest BCUT2D eigenvalue weighted by Crippen LogP contribution is 2.44. The van der Waals surface area contributed by atoms with Gasteiger partial charge in [-0.1, -0.05) is 68.3 Å². The lowest BCUT2D eigenvalue weighted by Gasteiger charge is -2.35. The first kappa shape index (κ1) is 23.8. The molecule has 1 saturated carbocycles. The van der Waals surface area contributed by atoms with Gasteiger partial charge in [-0.25, -0.2) is 9.59 Å². The number of aliphatic carboxylic acids is 1. The maximum atomic E-state index is 13.1. The average Bonchev–Trinajstić information content (AvgIpc) is 3.10. The van der Waals surface area contributed by atoms with Crippen LogP contribution in [0.4, 0.5) is 4.79 Å². The quantitative estimate of drug-likeness (QED) is 0.508. The van der Waals surface area contributed by atoms with Crippen LogP contribution in [0.15, 0.2) is 48.5 Å². The van der Waals surface area contributed by atoms with Crippen molar-refractivity contribution in [3.8, 4) is 11.1 Å². The van der Waals surface area contributed by atoms with Gasteiger partial charge in [0, 0.05) is 5.92 Å². The van der Waals surface area contributed by atoms with E-state index in [4.69, 9.17) is 4.74 Å². The van der Waals surface area contributed by atoms with E-state index >= 15 is 0 Å². The maximum absolute atomic E-state index is 13.1. The molecule has 0 saturated heterocycles. The fraction of sp³-hybridized carbons (Fsp3) is 0.444. The van der Waals surface area contributed by atoms with E-state index in [0.29, 0.717) is 12.8 Å². The summed E-state index contributed by atoms with van der Waals surface area (Å²) in [7, 11) is 0. The van der Waals surface area contributed by atoms with Gasteiger partial charge in [-0.3, -0.25) is 4.79 Å². The number of fused-ring (bicyclic) bond motifs is 3. The van der Waals surface area contributed by atoms with Crippen LogP contribution < -0.4 is 10.6 Å². The topological polar surface area (TPSA) is 105 Å². The zero-order chi connectivity index (χ0) is 24.3. The van der Waals surface area contributed by atoms with Gasteiger partial charge in [-0.15, -0.1) is 0 Å². The molecule has 2 aromatic rings. The fourth-order valence-corrected chi connectivity index (χ4v) is 5.05. The third-order valence-corrected chi connectivity index (χ3v) is 7.15. The summed E-state index contributed by atoms with van der Waals surface area (Å²) in [5.41, 5.74) is 3.22. The lowest BCUT2D eigenvalue weighted by Crippen LogP contribution is -2.61. The van der Waals surface area contributed by atoms with E-state index in [1.165, 1.54) is 0 Å². The molecule has 0 bridgehead atoms. The fourth-order valence-electron chi connectivity index (χ4n) is 5.05. The molecule has 2 atom stereocenters. The van der Waals surface area contributed by atoms with Gasteiger partial charge in [0.2, 0.25) is 5.91 Å². The van der Waals surface area contributed by atoms with Crippen LogP contribution in [-0.4, -0.2) is 41.3 Å². The van der Waals surface area contributed by atoms with Gasteiger partial charge >= 0.3 is 12.1 Å². The van der Waals surface area contributed by atoms with Crippen molar-refractivity contribution < 1.29 is 24.2 Å². The molecule has 7 heteroatoms. The maximum Gasteiger partial charge on any atom is 0.408 e. The summed E-state index contributed by atoms with van der Waals surface area (Å²) < 4.78 is 5.62. The molecule has 0 radical (unpaired) electrons. The lowest BCUT2D eigenvalue weighted by atomic mass is 9.79. The molecule has 2 unspecified atom stereocenters. The van der Waals surface area contributed by atoms with E-state index < -0.39 is 29.6 Å². The minimum Gasteiger partial charge on any atom is -0.480 e. The lowest BCUT2D eigenvalue weighted by molar-refractivity contribution is -0.145. The van der Waals surface area contributed by atoms with Gasteiger partial charge in [0.15, 0.2) is 0 Å². The Morgan fingerprint density at radius 1 is 1.06 bits per heavy atom. The molecular formula is C27H32N2O5. The third-order valence-electron chi connectivity index (χ3n) is 7.15. The zero-order valence-corrected chi connectivity index (χ0v) is 19.7. The molecule has 0 spiro atoms. The summed E-state index contributed by atoms with van der Waals surface area (Å²) in [6.07, 6.45) is 2.83. The highest BCUT2D eigenvalue weighted by molar-refractivity contribution is 5.92. The number of hydrogen-bond acceptors (Lipinski definition) is 4. The number of alkyl carbamates (subject to hydrolysis) is 1. The minimum atomic E-state index is -1.27. The largest absolute Gasteiger partial charge is 0.480 e. The Morgan fingerprint density at radius 3 is 2.15 bits per heavy atom. The third kappa shape index (κ3) is 4.65. The standard InChI is InChI=1S/C27H32N2O5/c1-3-15-27(2,25(32)28-23(24(30)31)17-9-8-10-17)29-26(33)34-16-22-20-13-6-4-11-18(20)19-12-5-7-14-21(19)22/h4-7,11-14,17,22-23H,3,8-10,15-16H2,1-2H3,(H,28,32)(H,29,33)(H,30,31). The van der Waals surface area contributed by atoms with E-state index in [-0.39, 0.29) is 18.4 Å². The van der Waals surface area contributed by atoms with Crippen LogP contribution in [-0.2, 0) is 14.3 Å². The van der Waals surface area contributed by atoms with Gasteiger partial charge in [0.25, 0.3) is 0 Å². The van der Waals surface area contributed by atoms with Gasteiger partial charge < -0.3 is 20.5 Å². The number of ether oxygens (including phenoxy) is 1. The Hall–Kier alpha value is -3.35. The molecule has 2 aliphatic rings. The number of carbonyl (C=O) groups excluding carboxylic acids is 2. The van der Waals surface area contributed by atoms with Crippen molar-refractivity contribution in [1.29, 1.82) is 0 Å². The molecule has 180 valence electrons. The molecule has 1 fully saturated rings. The number of hydrogen-bond donors (Lipinski definition) is 3. The molecule has 7 nitrogen and oxygen atoms in total. The first-order valence-corrected chi connectivity index (χ1v) is 12.0. The molecular weight excluding hydrogens is 432 g/mol. The second kappa shape index (κ2) is 9.87. The van der Waals surface area contributed by atoms with Crippen LogP contribution in [0.5, 0.6) is 0 Å². The summed E-state index contributed by atoms with van der Waals surface area (Å²) >= 11 is 0. The van der Waals surface area contributed by atoms with Crippen LogP contribution in [0.1, 0.15) is 63.0 Å². The first-order chi connectivity index (χ1) is 16.3. The second-order valence-electron chi connectivity index (χ2n) is 9.51. The van der Waals surface area contributed by atoms with Gasteiger partial charge in [0.05, 0.1) is 0 Å². The van der Waals surface area contributed by atoms with Crippen LogP contribution in [0, 0.1) is 5.92 Å². The van der Waals surface area contributed by atoms with Crippen molar-refractivity contribution in [2.24, 2.45) is 5.92 Å². The molecule has 0 heterocycles. The van der Waals surface area contributed by atoms with E-state index in [1.807, 2.05) is 43.3 Å². The first-order valence-electron chi connectivity index (χ1n) is 12.0. The number of benzene rings is 2. The summed E-state index contributed by atoms with van der Waals surface area (Å²) in [6.45, 7) is 3.67. The number of nitrogens with one attached hydrogen (secondary N) is 2. The molecule has 3 N–H and O–H groups in total. The smallest absolute Gasteiger partial charge is 0.408 e. The van der Waals surface area contributed by atoms with E-state index in [0.717, 1.165) is 41.5 Å². The number of carboxylic acids is 1. The van der Waals surface area contributed by atoms with Gasteiger partial charge in [-0.2, -0.15) is 0 Å². The number of amides is 2. The predicted molar refractivity (Wildman–Crippen MR) is 128 cm³/mol. The van der Waals surface area contributed by atoms with Crippen LogP contribution >= 0.6 is 0 Å². The van der Waals surface area contributed by atoms with Crippen molar-refractivity contribution in [3.63, 3.8) is 0 Å². The van der Waals surface area contributed by atoms with Crippen LogP contribution in [0.25, 0.3) is 11.1 Å². The predicted octanol–water partition coefficient (Wildman–Crippen LogP) is 4.45. The van der Waals surface area contributed by atoms with E-state index in [9.17, 15) is 19.5 Å². The highest BCUT2D eigenvalue weighted by Gasteiger charge is 2.40. The molecule has 4 rings (SSSR count). The molecule has 0 aromatic heterocycles. The van der Waals surface area contributed by atoms with Crippen molar-refractivity contribution in [3.05, 3.63) is 59.7 Å². The number of rotatable bonds is 9. The molecule has 2 aliphatic carbocycles. The van der Waals surface area contributed by atoms with Crippen molar-refractivity contribution in [2.45, 2.75) is 63.5 Å². The summed E-state index contributed by atoms with van der Waals surface area (Å²) in [4.78, 5) is 37.6. The van der Waals surface area contributed by atoms with Gasteiger partial charge in [-0.05, 0) is 54.4 Å². The normalized spacial score (nSPS) is 17.5. The molecule has 2 amide bonds. The zero-order valence-electron chi connectivity index (χ0n) is 19.7. The molecule has 2 aromatic carbocycles. The Morgan fingerprint density at radius 2 is 1.65 bits per heavy atom. The summed E-state index contributed by atoms with van der Waals surface area (Å²) in [6, 6.07) is 15.2. The minimum absolute atomic E-state index is 0.0678. The molecule has 0 aliphatic heterocycles. The van der Waals surface area contributed by atoms with Crippen molar-refractivity contribution in [2.75, 3.05) is 6.61 Å². The number of carboxylic acid groups (broad SMARTS) is 1. The van der Waals surface area contributed by atoms with Crippen molar-refractivity contribution >= 4 is 18.0 Å². The SMILES string of the molecule is CCCC(C)(NC(=O)OCC1c2ccccc2-c2ccccc21)C(=O)NC(C(=O)O)C1CCC1. The van der Waals surface area contributed by atoms with Crippen LogP contribution in [0.2, 0.25) is 0 Å². The monoisotopic (exact) mass is 464 g/mol. The summed E-state index contributed by atoms with van der Waals surface area (Å²) in [5, 5.41) is 15.0. The second-order valence-corrected chi connectivity index (χ2v) is 9.51. The Balaban J connectivity index is 1.43. The van der Waals surface area contributed by atoms with E-state index in [1.54, 1.807) is 6.92 Å². The highest BCUT2D eigenvalue weighted by atomic mass is 16.5. The molecule has 34 heavy (non-hydrogen) atoms. The van der Waals surface area contributed by atoms with E-state index in [2.05, 4.69) is 22.8 Å². The number of carbonyl (C=O) groups is 3. The summed E-state index contributed by atoms with van der Waals surface area (Å²) in [5.74, 6) is -1.69. The van der Waals surface area contributed by atoms with Crippen LogP contribution in [0.3, 0.4) is 0 Å². The van der Waals surface area contributed by atoms with Crippen molar-refractivity contribution in [1.82, 2.24) is 10.6 Å². The van der Waals surface area contributed by atoms with Gasteiger partial charge in [0.1, 0.15) is 18.2 Å². The Bertz CT molecular complexity index is 1030.